The van der Waals surface area contributed by atoms with Crippen LogP contribution in [0.15, 0.2) is 18.2 Å². The van der Waals surface area contributed by atoms with E-state index in [1.165, 1.54) is 23.1 Å². The number of nitrogens with zero attached hydrogens (tertiary/aromatic N) is 1. The van der Waals surface area contributed by atoms with Gasteiger partial charge >= 0.3 is 0 Å². The number of phenols is 1. The van der Waals surface area contributed by atoms with Crippen LogP contribution in [-0.2, 0) is 0 Å². The molecule has 0 bridgehead atoms. The summed E-state index contributed by atoms with van der Waals surface area (Å²) < 4.78 is 0. The van der Waals surface area contributed by atoms with E-state index in [1.807, 2.05) is 0 Å². The number of aromatic hydroxyl groups is 1. The Bertz CT molecular complexity index is 491. The summed E-state index contributed by atoms with van der Waals surface area (Å²) in [5.74, 6) is -0.00122. The highest BCUT2D eigenvalue weighted by atomic mass is 16.3. The molecule has 0 unspecified atom stereocenters. The van der Waals surface area contributed by atoms with Gasteiger partial charge in [0.25, 0.3) is 11.8 Å². The predicted molar refractivity (Wildman–Crippen MR) is 56.2 cm³/mol. The molecule has 4 nitrogen and oxygen atoms in total. The van der Waals surface area contributed by atoms with Gasteiger partial charge in [-0.2, -0.15) is 0 Å². The molecule has 1 heterocycles. The second-order valence-corrected chi connectivity index (χ2v) is 4.39. The van der Waals surface area contributed by atoms with Crippen molar-refractivity contribution in [2.45, 2.75) is 12.8 Å². The normalized spacial score (nSPS) is 19.1. The molecule has 1 N–H and O–H groups in total. The van der Waals surface area contributed by atoms with E-state index in [4.69, 9.17) is 0 Å². The zero-order chi connectivity index (χ0) is 11.3. The minimum absolute atomic E-state index is 0.0215. The van der Waals surface area contributed by atoms with E-state index in [-0.39, 0.29) is 17.6 Å². The third kappa shape index (κ3) is 1.30. The fraction of sp³-hybridized carbons (Fsp3) is 0.333. The number of hydrogen-bond acceptors (Lipinski definition) is 3. The molecule has 16 heavy (non-hydrogen) atoms. The molecular weight excluding hydrogens is 206 g/mol. The van der Waals surface area contributed by atoms with Crippen LogP contribution in [0.2, 0.25) is 0 Å². The number of imide groups is 1. The second-order valence-electron chi connectivity index (χ2n) is 4.39. The number of fused-ring (bicyclic) bond motifs is 1. The van der Waals surface area contributed by atoms with Crippen LogP contribution in [0.5, 0.6) is 5.75 Å². The quantitative estimate of drug-likeness (QED) is 0.762. The van der Waals surface area contributed by atoms with E-state index in [1.54, 1.807) is 0 Å². The molecule has 2 aliphatic rings. The van der Waals surface area contributed by atoms with Gasteiger partial charge in [-0.05, 0) is 37.0 Å². The molecule has 0 radical (unpaired) electrons. The Balaban J connectivity index is 1.98. The molecule has 1 aliphatic heterocycles. The minimum Gasteiger partial charge on any atom is -0.508 e. The van der Waals surface area contributed by atoms with E-state index < -0.39 is 0 Å². The smallest absolute Gasteiger partial charge is 0.261 e. The molecule has 0 saturated heterocycles. The first-order valence-corrected chi connectivity index (χ1v) is 5.36. The van der Waals surface area contributed by atoms with Crippen molar-refractivity contribution in [2.24, 2.45) is 5.92 Å². The maximum absolute atomic E-state index is 11.9. The summed E-state index contributed by atoms with van der Waals surface area (Å²) in [6, 6.07) is 4.31. The summed E-state index contributed by atoms with van der Waals surface area (Å²) in [5, 5.41) is 9.30. The highest BCUT2D eigenvalue weighted by Gasteiger charge is 2.38. The van der Waals surface area contributed by atoms with Crippen molar-refractivity contribution in [2.75, 3.05) is 6.54 Å². The number of carbonyl (C=O) groups is 2. The standard InChI is InChI=1S/C12H11NO3/c14-8-3-4-9-10(5-8)12(16)13(11(9)15)6-7-1-2-7/h3-5,7,14H,1-2,6H2. The van der Waals surface area contributed by atoms with Crippen molar-refractivity contribution >= 4 is 11.8 Å². The summed E-state index contributed by atoms with van der Waals surface area (Å²) in [4.78, 5) is 25.1. The summed E-state index contributed by atoms with van der Waals surface area (Å²) in [6.07, 6.45) is 2.19. The van der Waals surface area contributed by atoms with Crippen molar-refractivity contribution < 1.29 is 14.7 Å². The van der Waals surface area contributed by atoms with E-state index in [2.05, 4.69) is 0 Å². The molecule has 82 valence electrons. The molecule has 1 aromatic rings. The Hall–Kier alpha value is -1.84. The van der Waals surface area contributed by atoms with E-state index >= 15 is 0 Å². The minimum atomic E-state index is -0.275. The monoisotopic (exact) mass is 217 g/mol. The predicted octanol–water partition coefficient (Wildman–Crippen LogP) is 1.40. The maximum Gasteiger partial charge on any atom is 0.261 e. The first-order valence-electron chi connectivity index (χ1n) is 5.36. The van der Waals surface area contributed by atoms with Gasteiger partial charge in [-0.1, -0.05) is 0 Å². The van der Waals surface area contributed by atoms with Crippen molar-refractivity contribution in [1.29, 1.82) is 0 Å². The van der Waals surface area contributed by atoms with Crippen LogP contribution in [0.3, 0.4) is 0 Å². The molecule has 0 atom stereocenters. The highest BCUT2D eigenvalue weighted by Crippen LogP contribution is 2.33. The van der Waals surface area contributed by atoms with Gasteiger partial charge in [-0.3, -0.25) is 14.5 Å². The van der Waals surface area contributed by atoms with Gasteiger partial charge in [0.2, 0.25) is 0 Å². The van der Waals surface area contributed by atoms with Crippen LogP contribution in [0.4, 0.5) is 0 Å². The Labute approximate surface area is 92.5 Å². The Kier molecular flexibility index (Phi) is 1.80. The van der Waals surface area contributed by atoms with Crippen LogP contribution in [0, 0.1) is 5.92 Å². The zero-order valence-corrected chi connectivity index (χ0v) is 8.64. The van der Waals surface area contributed by atoms with E-state index in [0.717, 1.165) is 12.8 Å². The topological polar surface area (TPSA) is 57.6 Å². The molecular formula is C12H11NO3. The average molecular weight is 217 g/mol. The van der Waals surface area contributed by atoms with Crippen LogP contribution in [-0.4, -0.2) is 28.4 Å². The third-order valence-electron chi connectivity index (χ3n) is 3.09. The lowest BCUT2D eigenvalue weighted by Gasteiger charge is -2.12. The average Bonchev–Trinajstić information content (AvgIpc) is 3.04. The largest absolute Gasteiger partial charge is 0.508 e. The summed E-state index contributed by atoms with van der Waals surface area (Å²) in [5.41, 5.74) is 0.731. The number of hydrogen-bond donors (Lipinski definition) is 1. The van der Waals surface area contributed by atoms with Crippen LogP contribution >= 0.6 is 0 Å². The van der Waals surface area contributed by atoms with Gasteiger partial charge in [-0.25, -0.2) is 0 Å². The molecule has 3 rings (SSSR count). The van der Waals surface area contributed by atoms with Gasteiger partial charge in [0, 0.05) is 6.54 Å². The lowest BCUT2D eigenvalue weighted by molar-refractivity contribution is 0.0647. The summed E-state index contributed by atoms with van der Waals surface area (Å²) in [7, 11) is 0. The van der Waals surface area contributed by atoms with E-state index in [0.29, 0.717) is 23.6 Å². The zero-order valence-electron chi connectivity index (χ0n) is 8.64. The van der Waals surface area contributed by atoms with E-state index in [9.17, 15) is 14.7 Å². The van der Waals surface area contributed by atoms with Gasteiger partial charge in [0.05, 0.1) is 11.1 Å². The number of rotatable bonds is 2. The second kappa shape index (κ2) is 3.07. The van der Waals surface area contributed by atoms with Crippen molar-refractivity contribution in [3.05, 3.63) is 29.3 Å². The third-order valence-corrected chi connectivity index (χ3v) is 3.09. The fourth-order valence-electron chi connectivity index (χ4n) is 2.00. The van der Waals surface area contributed by atoms with Gasteiger partial charge < -0.3 is 5.11 Å². The SMILES string of the molecule is O=C1c2ccc(O)cc2C(=O)N1CC1CC1. The Morgan fingerprint density at radius 2 is 1.88 bits per heavy atom. The number of phenolic OH excluding ortho intramolecular Hbond substituents is 1. The fourth-order valence-corrected chi connectivity index (χ4v) is 2.00. The van der Waals surface area contributed by atoms with Crippen molar-refractivity contribution in [3.8, 4) is 5.75 Å². The molecule has 2 amide bonds. The lowest BCUT2D eigenvalue weighted by Crippen LogP contribution is -2.31. The molecule has 1 fully saturated rings. The van der Waals surface area contributed by atoms with Crippen LogP contribution in [0.25, 0.3) is 0 Å². The number of benzene rings is 1. The highest BCUT2D eigenvalue weighted by molar-refractivity contribution is 6.21. The molecule has 1 aromatic carbocycles. The van der Waals surface area contributed by atoms with Crippen LogP contribution in [0.1, 0.15) is 33.6 Å². The van der Waals surface area contributed by atoms with Gasteiger partial charge in [0.15, 0.2) is 0 Å². The summed E-state index contributed by atoms with van der Waals surface area (Å²) in [6.45, 7) is 0.521. The van der Waals surface area contributed by atoms with Gasteiger partial charge in [0.1, 0.15) is 5.75 Å². The maximum atomic E-state index is 11.9. The first kappa shape index (κ1) is 9.39. The molecule has 0 spiro atoms. The number of carbonyl (C=O) groups excluding carboxylic acids is 2. The van der Waals surface area contributed by atoms with Crippen LogP contribution < -0.4 is 0 Å². The molecule has 0 aromatic heterocycles. The summed E-state index contributed by atoms with van der Waals surface area (Å²) >= 11 is 0. The van der Waals surface area contributed by atoms with Gasteiger partial charge in [-0.15, -0.1) is 0 Å². The first-order chi connectivity index (χ1) is 7.66. The van der Waals surface area contributed by atoms with Crippen molar-refractivity contribution in [1.82, 2.24) is 4.90 Å². The Morgan fingerprint density at radius 1 is 1.19 bits per heavy atom. The number of amides is 2. The molecule has 1 aliphatic carbocycles. The Morgan fingerprint density at radius 3 is 2.56 bits per heavy atom. The molecule has 1 saturated carbocycles. The van der Waals surface area contributed by atoms with Crippen molar-refractivity contribution in [3.63, 3.8) is 0 Å². The lowest BCUT2D eigenvalue weighted by atomic mass is 10.1. The molecule has 4 heteroatoms.